The van der Waals surface area contributed by atoms with E-state index in [-0.39, 0.29) is 13.2 Å². The van der Waals surface area contributed by atoms with Gasteiger partial charge >= 0.3 is 17.9 Å². The largest absolute Gasteiger partial charge is 0.463 e. The summed E-state index contributed by atoms with van der Waals surface area (Å²) in [5, 5.41) is 0. The fourth-order valence-corrected chi connectivity index (χ4v) is 3.00. The Labute approximate surface area is 169 Å². The molecule has 0 unspecified atom stereocenters. The lowest BCUT2D eigenvalue weighted by molar-refractivity contribution is -0.309. The Balaban J connectivity index is 2.28. The molecule has 0 saturated carbocycles. The minimum absolute atomic E-state index is 0.188. The van der Waals surface area contributed by atoms with Crippen molar-refractivity contribution in [2.75, 3.05) is 13.7 Å². The van der Waals surface area contributed by atoms with Gasteiger partial charge in [-0.2, -0.15) is 0 Å². The third kappa shape index (κ3) is 6.81. The molecule has 160 valence electrons. The van der Waals surface area contributed by atoms with E-state index in [1.54, 1.807) is 0 Å². The first-order valence-electron chi connectivity index (χ1n) is 9.13. The van der Waals surface area contributed by atoms with Crippen LogP contribution in [0.15, 0.2) is 30.3 Å². The summed E-state index contributed by atoms with van der Waals surface area (Å²) >= 11 is 0. The van der Waals surface area contributed by atoms with Crippen molar-refractivity contribution >= 4 is 17.9 Å². The van der Waals surface area contributed by atoms with Gasteiger partial charge in [0, 0.05) is 27.9 Å². The number of carbonyl (C=O) groups excluding carboxylic acids is 3. The van der Waals surface area contributed by atoms with Gasteiger partial charge in [0.15, 0.2) is 18.5 Å². The minimum atomic E-state index is -1.05. The van der Waals surface area contributed by atoms with Gasteiger partial charge in [0.1, 0.15) is 18.8 Å². The van der Waals surface area contributed by atoms with Crippen molar-refractivity contribution in [2.45, 2.75) is 58.1 Å². The van der Waals surface area contributed by atoms with Gasteiger partial charge < -0.3 is 28.4 Å². The van der Waals surface area contributed by atoms with E-state index in [1.165, 1.54) is 27.9 Å². The molecular formula is C20H26O9. The zero-order valence-electron chi connectivity index (χ0n) is 16.9. The fourth-order valence-electron chi connectivity index (χ4n) is 3.00. The molecule has 9 heteroatoms. The van der Waals surface area contributed by atoms with Crippen molar-refractivity contribution in [1.29, 1.82) is 0 Å². The molecule has 1 aromatic carbocycles. The SMILES string of the molecule is CO[C@@H]1O[C@H](COC(C)=O)[C@@H](OC(C)=O)[C@H](OC(C)=O)[C@H]1OCc1ccccc1. The van der Waals surface area contributed by atoms with E-state index >= 15 is 0 Å². The standard InChI is InChI=1S/C20H26O9/c1-12(21)25-11-16-17(27-13(2)22)18(28-14(3)23)19(20(24-4)29-16)26-10-15-8-6-5-7-9-15/h5-9,16-20H,10-11H2,1-4H3/t16-,17-,18+,19-,20-/m1/s1. The maximum Gasteiger partial charge on any atom is 0.303 e. The molecular weight excluding hydrogens is 384 g/mol. The van der Waals surface area contributed by atoms with Crippen LogP contribution in [0.25, 0.3) is 0 Å². The van der Waals surface area contributed by atoms with Crippen molar-refractivity contribution in [3.63, 3.8) is 0 Å². The van der Waals surface area contributed by atoms with Crippen molar-refractivity contribution in [3.05, 3.63) is 35.9 Å². The van der Waals surface area contributed by atoms with E-state index in [0.717, 1.165) is 5.56 Å². The molecule has 1 aliphatic rings. The van der Waals surface area contributed by atoms with Gasteiger partial charge in [-0.05, 0) is 5.56 Å². The number of benzene rings is 1. The normalized spacial score (nSPS) is 26.4. The van der Waals surface area contributed by atoms with Crippen molar-refractivity contribution in [3.8, 4) is 0 Å². The topological polar surface area (TPSA) is 107 Å². The highest BCUT2D eigenvalue weighted by Gasteiger charge is 2.51. The Hall–Kier alpha value is -2.49. The summed E-state index contributed by atoms with van der Waals surface area (Å²) < 4.78 is 32.9. The van der Waals surface area contributed by atoms with Crippen LogP contribution in [0.1, 0.15) is 26.3 Å². The Bertz CT molecular complexity index is 690. The van der Waals surface area contributed by atoms with Crippen LogP contribution in [0.5, 0.6) is 0 Å². The molecule has 2 rings (SSSR count). The van der Waals surface area contributed by atoms with Gasteiger partial charge in [-0.25, -0.2) is 0 Å². The summed E-state index contributed by atoms with van der Waals surface area (Å²) in [6.07, 6.45) is -4.83. The molecule has 1 heterocycles. The van der Waals surface area contributed by atoms with E-state index in [2.05, 4.69) is 0 Å². The lowest BCUT2D eigenvalue weighted by Gasteiger charge is -2.44. The summed E-state index contributed by atoms with van der Waals surface area (Å²) in [6.45, 7) is 3.67. The number of carbonyl (C=O) groups is 3. The van der Waals surface area contributed by atoms with Gasteiger partial charge in [-0.15, -0.1) is 0 Å². The van der Waals surface area contributed by atoms with Gasteiger partial charge in [-0.3, -0.25) is 14.4 Å². The minimum Gasteiger partial charge on any atom is -0.463 e. The third-order valence-electron chi connectivity index (χ3n) is 4.16. The highest BCUT2D eigenvalue weighted by molar-refractivity contribution is 5.67. The summed E-state index contributed by atoms with van der Waals surface area (Å²) in [5.74, 6) is -1.74. The molecule has 0 radical (unpaired) electrons. The van der Waals surface area contributed by atoms with Crippen LogP contribution < -0.4 is 0 Å². The molecule has 1 saturated heterocycles. The fraction of sp³-hybridized carbons (Fsp3) is 0.550. The number of hydrogen-bond acceptors (Lipinski definition) is 9. The first kappa shape index (κ1) is 22.8. The van der Waals surface area contributed by atoms with Crippen molar-refractivity contribution in [2.24, 2.45) is 0 Å². The molecule has 0 aromatic heterocycles. The zero-order chi connectivity index (χ0) is 21.4. The Morgan fingerprint density at radius 3 is 2.07 bits per heavy atom. The number of ether oxygens (including phenoxy) is 6. The highest BCUT2D eigenvalue weighted by atomic mass is 16.7. The van der Waals surface area contributed by atoms with Crippen LogP contribution in [-0.4, -0.2) is 62.3 Å². The number of methoxy groups -OCH3 is 1. The highest BCUT2D eigenvalue weighted by Crippen LogP contribution is 2.30. The third-order valence-corrected chi connectivity index (χ3v) is 4.16. The molecule has 1 aliphatic heterocycles. The predicted molar refractivity (Wildman–Crippen MR) is 98.4 cm³/mol. The molecule has 0 N–H and O–H groups in total. The first-order chi connectivity index (χ1) is 13.8. The van der Waals surface area contributed by atoms with Crippen LogP contribution in [0, 0.1) is 0 Å². The quantitative estimate of drug-likeness (QED) is 0.464. The summed E-state index contributed by atoms with van der Waals surface area (Å²) in [4.78, 5) is 34.6. The molecule has 0 spiro atoms. The second kappa shape index (κ2) is 10.9. The average molecular weight is 410 g/mol. The molecule has 9 nitrogen and oxygen atoms in total. The average Bonchev–Trinajstić information content (AvgIpc) is 2.67. The number of hydrogen-bond donors (Lipinski definition) is 0. The monoisotopic (exact) mass is 410 g/mol. The van der Waals surface area contributed by atoms with E-state index < -0.39 is 48.6 Å². The number of esters is 3. The lowest BCUT2D eigenvalue weighted by Crippen LogP contribution is -2.62. The molecule has 1 aromatic rings. The lowest BCUT2D eigenvalue weighted by atomic mass is 9.98. The Morgan fingerprint density at radius 2 is 1.52 bits per heavy atom. The number of rotatable bonds is 8. The van der Waals surface area contributed by atoms with Crippen LogP contribution in [0.4, 0.5) is 0 Å². The molecule has 0 amide bonds. The van der Waals surface area contributed by atoms with Crippen LogP contribution in [-0.2, 0) is 49.4 Å². The Morgan fingerprint density at radius 1 is 0.897 bits per heavy atom. The van der Waals surface area contributed by atoms with E-state index in [9.17, 15) is 14.4 Å². The molecule has 5 atom stereocenters. The first-order valence-corrected chi connectivity index (χ1v) is 9.13. The zero-order valence-corrected chi connectivity index (χ0v) is 16.9. The smallest absolute Gasteiger partial charge is 0.303 e. The molecule has 1 fully saturated rings. The predicted octanol–water partition coefficient (Wildman–Crippen LogP) is 1.37. The second-order valence-corrected chi connectivity index (χ2v) is 6.49. The molecule has 0 bridgehead atoms. The second-order valence-electron chi connectivity index (χ2n) is 6.49. The van der Waals surface area contributed by atoms with Gasteiger partial charge in [0.05, 0.1) is 6.61 Å². The van der Waals surface area contributed by atoms with Crippen LogP contribution >= 0.6 is 0 Å². The van der Waals surface area contributed by atoms with Gasteiger partial charge in [0.25, 0.3) is 0 Å². The summed E-state index contributed by atoms with van der Waals surface area (Å²) in [5.41, 5.74) is 0.884. The van der Waals surface area contributed by atoms with E-state index in [1.807, 2.05) is 30.3 Å². The van der Waals surface area contributed by atoms with Crippen LogP contribution in [0.2, 0.25) is 0 Å². The van der Waals surface area contributed by atoms with Gasteiger partial charge in [0.2, 0.25) is 0 Å². The Kier molecular flexibility index (Phi) is 8.56. The van der Waals surface area contributed by atoms with Crippen molar-refractivity contribution in [1.82, 2.24) is 0 Å². The molecule has 29 heavy (non-hydrogen) atoms. The van der Waals surface area contributed by atoms with Crippen LogP contribution in [0.3, 0.4) is 0 Å². The van der Waals surface area contributed by atoms with E-state index in [0.29, 0.717) is 0 Å². The van der Waals surface area contributed by atoms with Crippen molar-refractivity contribution < 1.29 is 42.8 Å². The maximum atomic E-state index is 11.7. The maximum absolute atomic E-state index is 11.7. The molecule has 0 aliphatic carbocycles. The van der Waals surface area contributed by atoms with E-state index in [4.69, 9.17) is 28.4 Å². The summed E-state index contributed by atoms with van der Waals surface area (Å²) in [6, 6.07) is 9.36. The summed E-state index contributed by atoms with van der Waals surface area (Å²) in [7, 11) is 1.41. The van der Waals surface area contributed by atoms with Gasteiger partial charge in [-0.1, -0.05) is 30.3 Å².